The van der Waals surface area contributed by atoms with E-state index in [0.29, 0.717) is 28.6 Å². The molecule has 182 valence electrons. The summed E-state index contributed by atoms with van der Waals surface area (Å²) in [5.74, 6) is 0.700. The van der Waals surface area contributed by atoms with Crippen LogP contribution >= 0.6 is 22.9 Å². The Morgan fingerprint density at radius 3 is 2.58 bits per heavy atom. The van der Waals surface area contributed by atoms with Gasteiger partial charge in [0.2, 0.25) is 0 Å². The predicted octanol–water partition coefficient (Wildman–Crippen LogP) is 8.26. The minimum absolute atomic E-state index is 0.0140. The molecule has 0 saturated carbocycles. The molecular formula is C29H24ClFN2O2S. The molecule has 5 rings (SSSR count). The first-order valence-corrected chi connectivity index (χ1v) is 12.6. The Morgan fingerprint density at radius 1 is 0.972 bits per heavy atom. The Labute approximate surface area is 218 Å². The summed E-state index contributed by atoms with van der Waals surface area (Å²) in [5, 5.41) is 4.78. The highest BCUT2D eigenvalue weighted by Crippen LogP contribution is 2.32. The van der Waals surface area contributed by atoms with Crippen molar-refractivity contribution in [2.24, 2.45) is 0 Å². The third-order valence-electron chi connectivity index (χ3n) is 5.83. The molecule has 0 aliphatic rings. The van der Waals surface area contributed by atoms with Crippen molar-refractivity contribution >= 4 is 38.8 Å². The van der Waals surface area contributed by atoms with E-state index >= 15 is 0 Å². The molecule has 4 nitrogen and oxygen atoms in total. The van der Waals surface area contributed by atoms with Crippen molar-refractivity contribution in [1.82, 2.24) is 4.98 Å². The molecule has 36 heavy (non-hydrogen) atoms. The SMILES string of the molecule is COc1cc(CNc2ccc(-c3nc4ccc(C)cc4s3)cc2)ccc1OCc1c(F)cccc1Cl. The molecule has 4 aromatic carbocycles. The Bertz CT molecular complexity index is 1500. The number of halogens is 2. The number of benzene rings is 4. The number of fused-ring (bicyclic) bond motifs is 1. The van der Waals surface area contributed by atoms with Gasteiger partial charge in [0.05, 0.1) is 22.3 Å². The van der Waals surface area contributed by atoms with Crippen molar-refractivity contribution in [2.45, 2.75) is 20.1 Å². The van der Waals surface area contributed by atoms with Gasteiger partial charge in [0.15, 0.2) is 11.5 Å². The normalized spacial score (nSPS) is 11.0. The Hall–Kier alpha value is -3.61. The van der Waals surface area contributed by atoms with Gasteiger partial charge < -0.3 is 14.8 Å². The third kappa shape index (κ3) is 5.30. The largest absolute Gasteiger partial charge is 0.493 e. The lowest BCUT2D eigenvalue weighted by Crippen LogP contribution is -2.03. The molecule has 1 heterocycles. The molecule has 0 fully saturated rings. The number of aromatic nitrogens is 1. The number of methoxy groups -OCH3 is 1. The van der Waals surface area contributed by atoms with E-state index in [9.17, 15) is 4.39 Å². The second-order valence-electron chi connectivity index (χ2n) is 8.40. The number of hydrogen-bond acceptors (Lipinski definition) is 5. The van der Waals surface area contributed by atoms with Crippen LogP contribution < -0.4 is 14.8 Å². The molecule has 1 N–H and O–H groups in total. The van der Waals surface area contributed by atoms with Crippen molar-refractivity contribution in [3.05, 3.63) is 106 Å². The summed E-state index contributed by atoms with van der Waals surface area (Å²) in [7, 11) is 1.58. The molecule has 0 saturated heterocycles. The molecule has 0 amide bonds. The van der Waals surface area contributed by atoms with E-state index in [0.717, 1.165) is 27.3 Å². The van der Waals surface area contributed by atoms with Crippen LogP contribution in [0.15, 0.2) is 78.9 Å². The summed E-state index contributed by atoms with van der Waals surface area (Å²) >= 11 is 7.80. The average Bonchev–Trinajstić information content (AvgIpc) is 3.31. The molecule has 0 bridgehead atoms. The van der Waals surface area contributed by atoms with Gasteiger partial charge in [-0.3, -0.25) is 0 Å². The zero-order chi connectivity index (χ0) is 25.1. The standard InChI is InChI=1S/C29H24ClFN2O2S/c1-18-6-12-25-28(14-18)36-29(33-25)20-8-10-21(11-9-20)32-16-19-7-13-26(27(15-19)34-2)35-17-22-23(30)4-3-5-24(22)31/h3-15,32H,16-17H2,1-2H3. The smallest absolute Gasteiger partial charge is 0.161 e. The van der Waals surface area contributed by atoms with Crippen LogP contribution in [0.4, 0.5) is 10.1 Å². The molecule has 0 atom stereocenters. The van der Waals surface area contributed by atoms with Gasteiger partial charge in [0.25, 0.3) is 0 Å². The fraction of sp³-hybridized carbons (Fsp3) is 0.138. The van der Waals surface area contributed by atoms with Crippen molar-refractivity contribution < 1.29 is 13.9 Å². The van der Waals surface area contributed by atoms with E-state index in [4.69, 9.17) is 26.1 Å². The second kappa shape index (κ2) is 10.6. The fourth-order valence-electron chi connectivity index (χ4n) is 3.85. The van der Waals surface area contributed by atoms with E-state index in [2.05, 4.69) is 54.7 Å². The zero-order valence-corrected chi connectivity index (χ0v) is 21.4. The van der Waals surface area contributed by atoms with E-state index in [-0.39, 0.29) is 6.61 Å². The quantitative estimate of drug-likeness (QED) is 0.224. The van der Waals surface area contributed by atoms with Crippen molar-refractivity contribution in [2.75, 3.05) is 12.4 Å². The van der Waals surface area contributed by atoms with E-state index in [1.54, 1.807) is 30.6 Å². The average molecular weight is 519 g/mol. The second-order valence-corrected chi connectivity index (χ2v) is 9.83. The van der Waals surface area contributed by atoms with Crippen LogP contribution in [0.5, 0.6) is 11.5 Å². The Kier molecular flexibility index (Phi) is 7.07. The number of nitrogens with zero attached hydrogens (tertiary/aromatic N) is 1. The highest BCUT2D eigenvalue weighted by molar-refractivity contribution is 7.21. The van der Waals surface area contributed by atoms with Crippen LogP contribution in [0, 0.1) is 12.7 Å². The van der Waals surface area contributed by atoms with Crippen LogP contribution in [0.3, 0.4) is 0 Å². The summed E-state index contributed by atoms with van der Waals surface area (Å²) in [6, 6.07) is 24.9. The number of thiazole rings is 1. The van der Waals surface area contributed by atoms with Crippen molar-refractivity contribution in [3.8, 4) is 22.1 Å². The third-order valence-corrected chi connectivity index (χ3v) is 7.26. The minimum atomic E-state index is -0.397. The number of rotatable bonds is 8. The highest BCUT2D eigenvalue weighted by Gasteiger charge is 2.11. The van der Waals surface area contributed by atoms with Crippen LogP contribution in [-0.2, 0) is 13.2 Å². The maximum atomic E-state index is 14.0. The first-order chi connectivity index (χ1) is 17.5. The zero-order valence-electron chi connectivity index (χ0n) is 19.8. The van der Waals surface area contributed by atoms with Crippen LogP contribution in [0.1, 0.15) is 16.7 Å². The molecule has 0 radical (unpaired) electrons. The maximum absolute atomic E-state index is 14.0. The van der Waals surface area contributed by atoms with Crippen LogP contribution in [0.2, 0.25) is 5.02 Å². The van der Waals surface area contributed by atoms with Crippen molar-refractivity contribution in [1.29, 1.82) is 0 Å². The summed E-state index contributed by atoms with van der Waals surface area (Å²) in [6.45, 7) is 2.72. The predicted molar refractivity (Wildman–Crippen MR) is 146 cm³/mol. The van der Waals surface area contributed by atoms with Gasteiger partial charge in [-0.25, -0.2) is 9.37 Å². The molecule has 0 aliphatic heterocycles. The topological polar surface area (TPSA) is 43.4 Å². The maximum Gasteiger partial charge on any atom is 0.161 e. The monoisotopic (exact) mass is 518 g/mol. The highest BCUT2D eigenvalue weighted by atomic mass is 35.5. The first-order valence-electron chi connectivity index (χ1n) is 11.4. The summed E-state index contributed by atoms with van der Waals surface area (Å²) in [4.78, 5) is 4.76. The lowest BCUT2D eigenvalue weighted by molar-refractivity contribution is 0.279. The van der Waals surface area contributed by atoms with Gasteiger partial charge in [-0.05, 0) is 78.7 Å². The van der Waals surface area contributed by atoms with Gasteiger partial charge >= 0.3 is 0 Å². The Balaban J connectivity index is 1.23. The van der Waals surface area contributed by atoms with Gasteiger partial charge in [-0.2, -0.15) is 0 Å². The number of nitrogens with one attached hydrogen (secondary N) is 1. The lowest BCUT2D eigenvalue weighted by atomic mass is 10.1. The van der Waals surface area contributed by atoms with Gasteiger partial charge in [0, 0.05) is 23.4 Å². The molecule has 0 unspecified atom stereocenters. The van der Waals surface area contributed by atoms with Gasteiger partial charge in [-0.15, -0.1) is 11.3 Å². The molecule has 5 aromatic rings. The van der Waals surface area contributed by atoms with Crippen LogP contribution in [-0.4, -0.2) is 12.1 Å². The lowest BCUT2D eigenvalue weighted by Gasteiger charge is -2.14. The first kappa shape index (κ1) is 24.1. The number of anilines is 1. The van der Waals surface area contributed by atoms with Crippen LogP contribution in [0.25, 0.3) is 20.8 Å². The number of hydrogen-bond donors (Lipinski definition) is 1. The molecule has 7 heteroatoms. The van der Waals surface area contributed by atoms with E-state index in [1.807, 2.05) is 18.2 Å². The van der Waals surface area contributed by atoms with E-state index < -0.39 is 5.82 Å². The molecule has 0 aliphatic carbocycles. The summed E-state index contributed by atoms with van der Waals surface area (Å²) in [5.41, 5.74) is 5.70. The fourth-order valence-corrected chi connectivity index (χ4v) is 5.14. The van der Waals surface area contributed by atoms with Gasteiger partial charge in [0.1, 0.15) is 17.4 Å². The molecule has 1 aromatic heterocycles. The van der Waals surface area contributed by atoms with Gasteiger partial charge in [-0.1, -0.05) is 29.8 Å². The summed E-state index contributed by atoms with van der Waals surface area (Å²) < 4.78 is 26.5. The Morgan fingerprint density at radius 2 is 1.81 bits per heavy atom. The number of ether oxygens (including phenoxy) is 2. The van der Waals surface area contributed by atoms with E-state index in [1.165, 1.54) is 16.3 Å². The molecule has 0 spiro atoms. The summed E-state index contributed by atoms with van der Waals surface area (Å²) in [6.07, 6.45) is 0. The molecular weight excluding hydrogens is 495 g/mol. The van der Waals surface area contributed by atoms with Crippen molar-refractivity contribution in [3.63, 3.8) is 0 Å². The minimum Gasteiger partial charge on any atom is -0.493 e. The number of aryl methyl sites for hydroxylation is 1.